The summed E-state index contributed by atoms with van der Waals surface area (Å²) in [6.45, 7) is 2.74. The molecule has 0 saturated heterocycles. The first-order chi connectivity index (χ1) is 14.3. The van der Waals surface area contributed by atoms with Crippen LogP contribution in [-0.2, 0) is 35.7 Å². The van der Waals surface area contributed by atoms with Crippen LogP contribution in [0.25, 0.3) is 0 Å². The van der Waals surface area contributed by atoms with Crippen LogP contribution < -0.4 is 10.5 Å². The van der Waals surface area contributed by atoms with E-state index in [0.717, 1.165) is 48.9 Å². The molecular weight excluding hydrogens is 405 g/mol. The van der Waals surface area contributed by atoms with E-state index in [2.05, 4.69) is 27.8 Å². The molecular formula is C21H26FN5O2S. The topological polar surface area (TPSA) is 102 Å². The van der Waals surface area contributed by atoms with E-state index in [1.165, 1.54) is 22.0 Å². The molecule has 1 aromatic heterocycles. The molecule has 0 saturated carbocycles. The molecule has 2 aromatic rings. The highest BCUT2D eigenvalue weighted by molar-refractivity contribution is 7.91. The fourth-order valence-corrected chi connectivity index (χ4v) is 6.27. The van der Waals surface area contributed by atoms with Gasteiger partial charge in [0.15, 0.2) is 0 Å². The van der Waals surface area contributed by atoms with Gasteiger partial charge in [0.1, 0.15) is 21.0 Å². The van der Waals surface area contributed by atoms with Crippen molar-refractivity contribution in [3.63, 3.8) is 0 Å². The van der Waals surface area contributed by atoms with E-state index in [9.17, 15) is 13.4 Å². The smallest absolute Gasteiger partial charge is 0.305 e. The summed E-state index contributed by atoms with van der Waals surface area (Å²) in [5, 5.41) is 12.9. The second-order valence-corrected chi connectivity index (χ2v) is 10.3. The maximum Gasteiger partial charge on any atom is 0.354 e. The first-order valence-corrected chi connectivity index (χ1v) is 12.2. The van der Waals surface area contributed by atoms with Gasteiger partial charge in [0.2, 0.25) is 0 Å². The molecule has 0 radical (unpaired) electrons. The van der Waals surface area contributed by atoms with Crippen molar-refractivity contribution in [1.82, 2.24) is 9.78 Å². The van der Waals surface area contributed by atoms with Gasteiger partial charge in [-0.3, -0.25) is 4.68 Å². The Morgan fingerprint density at radius 1 is 1.30 bits per heavy atom. The number of alkyl halides is 1. The molecule has 3 aliphatic rings. The number of hydrogen-bond acceptors (Lipinski definition) is 3. The van der Waals surface area contributed by atoms with Crippen LogP contribution in [-0.4, -0.2) is 20.0 Å². The molecule has 0 fully saturated rings. The van der Waals surface area contributed by atoms with Crippen LogP contribution in [0.5, 0.6) is 0 Å². The highest BCUT2D eigenvalue weighted by Crippen LogP contribution is 2.43. The molecule has 7 nitrogen and oxygen atoms in total. The summed E-state index contributed by atoms with van der Waals surface area (Å²) in [5.41, 5.74) is 5.86. The maximum atomic E-state index is 14.4. The van der Waals surface area contributed by atoms with Crippen molar-refractivity contribution in [3.05, 3.63) is 40.2 Å². The van der Waals surface area contributed by atoms with E-state index >= 15 is 0 Å². The van der Waals surface area contributed by atoms with E-state index in [1.807, 2.05) is 0 Å². The van der Waals surface area contributed by atoms with E-state index in [-0.39, 0.29) is 10.6 Å². The predicted octanol–water partition coefficient (Wildman–Crippen LogP) is 4.16. The van der Waals surface area contributed by atoms with E-state index in [4.69, 9.17) is 5.14 Å². The molecule has 9 heteroatoms. The third-order valence-corrected chi connectivity index (χ3v) is 8.02. The lowest BCUT2D eigenvalue weighted by atomic mass is 9.96. The number of nitrogens with two attached hydrogens (primary N) is 1. The van der Waals surface area contributed by atoms with Crippen molar-refractivity contribution in [2.45, 2.75) is 75.4 Å². The van der Waals surface area contributed by atoms with E-state index < -0.39 is 22.1 Å². The van der Waals surface area contributed by atoms with Crippen molar-refractivity contribution in [2.24, 2.45) is 9.50 Å². The fraction of sp³-hybridized carbons (Fsp3) is 0.524. The Hall–Kier alpha value is -2.26. The third kappa shape index (κ3) is 3.15. The summed E-state index contributed by atoms with van der Waals surface area (Å²) in [5.74, 6) is 0.456. The minimum atomic E-state index is -3.61. The van der Waals surface area contributed by atoms with Gasteiger partial charge in [-0.25, -0.2) is 18.5 Å². The number of nitrogens with one attached hydrogen (secondary N) is 1. The van der Waals surface area contributed by atoms with Crippen molar-refractivity contribution in [2.75, 3.05) is 5.32 Å². The van der Waals surface area contributed by atoms with Crippen LogP contribution in [0.15, 0.2) is 21.5 Å². The molecule has 30 heavy (non-hydrogen) atoms. The number of aromatic nitrogens is 2. The number of halogens is 1. The number of nitrogens with zero attached hydrogens (tertiary/aromatic N) is 3. The molecule has 160 valence electrons. The molecule has 3 atom stereocenters. The van der Waals surface area contributed by atoms with Crippen molar-refractivity contribution in [1.29, 1.82) is 0 Å². The van der Waals surface area contributed by atoms with Gasteiger partial charge >= 0.3 is 6.03 Å². The lowest BCUT2D eigenvalue weighted by molar-refractivity contribution is 0.255. The van der Waals surface area contributed by atoms with Crippen molar-refractivity contribution < 1.29 is 13.4 Å². The number of carbonyl (C=O) groups is 1. The number of amides is 2. The zero-order chi connectivity index (χ0) is 21.0. The van der Waals surface area contributed by atoms with E-state index in [1.54, 1.807) is 0 Å². The minimum absolute atomic E-state index is 0.0157. The first-order valence-electron chi connectivity index (χ1n) is 10.6. The van der Waals surface area contributed by atoms with Gasteiger partial charge in [-0.05, 0) is 73.1 Å². The van der Waals surface area contributed by atoms with Crippen LogP contribution >= 0.6 is 0 Å². The quantitative estimate of drug-likeness (QED) is 0.746. The summed E-state index contributed by atoms with van der Waals surface area (Å²) < 4.78 is 32.8. The maximum absolute atomic E-state index is 14.4. The van der Waals surface area contributed by atoms with Gasteiger partial charge < -0.3 is 5.32 Å². The van der Waals surface area contributed by atoms with Gasteiger partial charge in [-0.1, -0.05) is 13.0 Å². The predicted molar refractivity (Wildman–Crippen MR) is 113 cm³/mol. The molecule has 5 rings (SSSR count). The second-order valence-electron chi connectivity index (χ2n) is 8.57. The number of urea groups is 1. The first kappa shape index (κ1) is 19.7. The second kappa shape index (κ2) is 7.16. The van der Waals surface area contributed by atoms with Gasteiger partial charge in [-0.15, -0.1) is 4.36 Å². The van der Waals surface area contributed by atoms with Crippen molar-refractivity contribution >= 4 is 21.6 Å². The number of anilines is 1. The Labute approximate surface area is 175 Å². The Balaban J connectivity index is 1.50. The molecule has 1 aromatic carbocycles. The number of rotatable bonds is 2. The van der Waals surface area contributed by atoms with Crippen LogP contribution in [0.4, 0.5) is 14.9 Å². The Morgan fingerprint density at radius 3 is 2.97 bits per heavy atom. The Morgan fingerprint density at radius 2 is 2.13 bits per heavy atom. The molecule has 2 amide bonds. The number of aryl methyl sites for hydroxylation is 2. The van der Waals surface area contributed by atoms with Crippen LogP contribution in [0.2, 0.25) is 0 Å². The number of benzene rings is 1. The minimum Gasteiger partial charge on any atom is -0.305 e. The van der Waals surface area contributed by atoms with Crippen LogP contribution in [0.1, 0.15) is 72.6 Å². The normalized spacial score (nSPS) is 24.0. The third-order valence-electron chi connectivity index (χ3n) is 6.64. The zero-order valence-corrected chi connectivity index (χ0v) is 17.8. The summed E-state index contributed by atoms with van der Waals surface area (Å²) in [6, 6.07) is 1.53. The highest BCUT2D eigenvalue weighted by Gasteiger charge is 2.31. The Kier molecular flexibility index (Phi) is 4.70. The average molecular weight is 432 g/mol. The molecule has 2 aliphatic carbocycles. The molecule has 0 spiro atoms. The molecule has 1 aliphatic heterocycles. The summed E-state index contributed by atoms with van der Waals surface area (Å²) >= 11 is 0. The lowest BCUT2D eigenvalue weighted by Gasteiger charge is -2.19. The van der Waals surface area contributed by atoms with Crippen LogP contribution in [0, 0.1) is 0 Å². The largest absolute Gasteiger partial charge is 0.354 e. The highest BCUT2D eigenvalue weighted by atomic mass is 32.2. The molecule has 2 heterocycles. The fourth-order valence-electron chi connectivity index (χ4n) is 5.15. The zero-order valence-electron chi connectivity index (χ0n) is 17.0. The Bertz CT molecular complexity index is 1160. The SMILES string of the molecule is CC1CCc2c1cc1c(c2NC(=O)N=S(N)(=O)c2cnn3c2C(F)CCC3)CCC1. The molecule has 3 unspecified atom stereocenters. The van der Waals surface area contributed by atoms with Crippen molar-refractivity contribution in [3.8, 4) is 0 Å². The van der Waals surface area contributed by atoms with Gasteiger partial charge in [0.25, 0.3) is 0 Å². The average Bonchev–Trinajstić information content (AvgIpc) is 3.40. The van der Waals surface area contributed by atoms with Gasteiger partial charge in [0, 0.05) is 12.2 Å². The monoisotopic (exact) mass is 431 g/mol. The number of carbonyl (C=O) groups excluding carboxylic acids is 1. The van der Waals surface area contributed by atoms with Gasteiger partial charge in [-0.2, -0.15) is 5.10 Å². The summed E-state index contributed by atoms with van der Waals surface area (Å²) in [4.78, 5) is 12.8. The molecule has 0 bridgehead atoms. The van der Waals surface area contributed by atoms with Gasteiger partial charge in [0.05, 0.1) is 11.9 Å². The molecule has 3 N–H and O–H groups in total. The number of fused-ring (bicyclic) bond motifs is 3. The summed E-state index contributed by atoms with van der Waals surface area (Å²) in [7, 11) is -3.61. The number of hydrogen-bond donors (Lipinski definition) is 2. The van der Waals surface area contributed by atoms with E-state index in [0.29, 0.717) is 25.3 Å². The summed E-state index contributed by atoms with van der Waals surface area (Å²) in [6.07, 6.45) is 5.87. The lowest BCUT2D eigenvalue weighted by Crippen LogP contribution is -2.22. The standard InChI is InChI=1S/C21H26FN5O2S/c1-12-7-8-15-16(12)10-13-4-2-5-14(13)19(15)25-21(28)26-30(23,29)18-11-24-27-9-3-6-17(22)20(18)27/h10-12,17H,2-9H2,1H3,(H3,23,25,26,28,29). The van der Waals surface area contributed by atoms with Crippen LogP contribution in [0.3, 0.4) is 0 Å².